The minimum Gasteiger partial charge on any atom is -0.481 e. The summed E-state index contributed by atoms with van der Waals surface area (Å²) in [5, 5.41) is 9.25. The van der Waals surface area contributed by atoms with Gasteiger partial charge in [-0.15, -0.1) is 0 Å². The molecular formula is C20H14ClFO4S2. The number of aliphatic carboxylic acids is 1. The first-order valence-corrected chi connectivity index (χ1v) is 10.7. The van der Waals surface area contributed by atoms with E-state index in [9.17, 15) is 17.6 Å². The molecule has 0 aliphatic heterocycles. The second-order valence-electron chi connectivity index (χ2n) is 5.88. The third-order valence-electron chi connectivity index (χ3n) is 3.78. The van der Waals surface area contributed by atoms with Crippen molar-refractivity contribution >= 4 is 39.2 Å². The van der Waals surface area contributed by atoms with E-state index in [2.05, 4.69) is 0 Å². The molecule has 0 aliphatic carbocycles. The number of sulfone groups is 1. The molecule has 1 N–H and O–H groups in total. The van der Waals surface area contributed by atoms with Gasteiger partial charge in [-0.05, 0) is 54.1 Å². The molecule has 28 heavy (non-hydrogen) atoms. The average Bonchev–Trinajstić information content (AvgIpc) is 2.63. The molecule has 0 heterocycles. The van der Waals surface area contributed by atoms with Gasteiger partial charge in [-0.3, -0.25) is 4.79 Å². The lowest BCUT2D eigenvalue weighted by Gasteiger charge is -2.09. The van der Waals surface area contributed by atoms with Crippen LogP contribution >= 0.6 is 23.4 Å². The normalized spacial score (nSPS) is 11.4. The van der Waals surface area contributed by atoms with Crippen LogP contribution in [0.25, 0.3) is 0 Å². The fourth-order valence-corrected chi connectivity index (χ4v) is 5.11. The Kier molecular flexibility index (Phi) is 6.07. The molecule has 0 fully saturated rings. The number of carboxylic acid groups (broad SMARTS) is 1. The Morgan fingerprint density at radius 2 is 1.71 bits per heavy atom. The molecule has 0 bridgehead atoms. The van der Waals surface area contributed by atoms with Crippen molar-refractivity contribution in [2.24, 2.45) is 0 Å². The van der Waals surface area contributed by atoms with E-state index in [1.165, 1.54) is 30.3 Å². The van der Waals surface area contributed by atoms with Crippen molar-refractivity contribution in [1.82, 2.24) is 0 Å². The van der Waals surface area contributed by atoms with Crippen LogP contribution in [0, 0.1) is 5.82 Å². The van der Waals surface area contributed by atoms with Crippen molar-refractivity contribution < 1.29 is 22.7 Å². The average molecular weight is 437 g/mol. The molecule has 3 rings (SSSR count). The monoisotopic (exact) mass is 436 g/mol. The Hall–Kier alpha value is -2.35. The van der Waals surface area contributed by atoms with E-state index in [4.69, 9.17) is 16.7 Å². The second kappa shape index (κ2) is 8.34. The highest BCUT2D eigenvalue weighted by Crippen LogP contribution is 2.34. The van der Waals surface area contributed by atoms with Gasteiger partial charge in [0.05, 0.1) is 16.2 Å². The first kappa shape index (κ1) is 20.4. The Morgan fingerprint density at radius 3 is 2.36 bits per heavy atom. The largest absolute Gasteiger partial charge is 0.481 e. The van der Waals surface area contributed by atoms with Gasteiger partial charge in [0, 0.05) is 14.8 Å². The summed E-state index contributed by atoms with van der Waals surface area (Å²) in [5.74, 6) is -1.69. The number of hydrogen-bond acceptors (Lipinski definition) is 4. The zero-order valence-corrected chi connectivity index (χ0v) is 16.7. The highest BCUT2D eigenvalue weighted by Gasteiger charge is 2.19. The number of rotatable bonds is 6. The van der Waals surface area contributed by atoms with Crippen LogP contribution < -0.4 is 0 Å². The molecule has 4 nitrogen and oxygen atoms in total. The van der Waals surface area contributed by atoms with Crippen LogP contribution in [-0.4, -0.2) is 19.5 Å². The van der Waals surface area contributed by atoms with Crippen molar-refractivity contribution in [2.45, 2.75) is 26.0 Å². The van der Waals surface area contributed by atoms with Gasteiger partial charge in [-0.25, -0.2) is 12.8 Å². The maximum Gasteiger partial charge on any atom is 0.307 e. The van der Waals surface area contributed by atoms with Gasteiger partial charge in [-0.1, -0.05) is 41.6 Å². The van der Waals surface area contributed by atoms with Gasteiger partial charge in [0.15, 0.2) is 0 Å². The number of carbonyl (C=O) groups is 1. The zero-order chi connectivity index (χ0) is 20.3. The molecule has 0 amide bonds. The number of carboxylic acids is 1. The fraction of sp³-hybridized carbons (Fsp3) is 0.0500. The molecule has 3 aromatic carbocycles. The summed E-state index contributed by atoms with van der Waals surface area (Å²) in [6, 6.07) is 16.2. The topological polar surface area (TPSA) is 71.4 Å². The van der Waals surface area contributed by atoms with E-state index < -0.39 is 21.6 Å². The lowest BCUT2D eigenvalue weighted by molar-refractivity contribution is -0.136. The molecular weight excluding hydrogens is 423 g/mol. The van der Waals surface area contributed by atoms with E-state index in [-0.39, 0.29) is 21.1 Å². The molecule has 0 atom stereocenters. The van der Waals surface area contributed by atoms with Crippen LogP contribution in [0.3, 0.4) is 0 Å². The third kappa shape index (κ3) is 4.73. The second-order valence-corrected chi connectivity index (χ2v) is 9.38. The van der Waals surface area contributed by atoms with E-state index in [1.807, 2.05) is 0 Å². The summed E-state index contributed by atoms with van der Waals surface area (Å²) < 4.78 is 39.8. The predicted molar refractivity (Wildman–Crippen MR) is 105 cm³/mol. The number of hydrogen-bond donors (Lipinski definition) is 1. The van der Waals surface area contributed by atoms with Gasteiger partial charge >= 0.3 is 5.97 Å². The van der Waals surface area contributed by atoms with Gasteiger partial charge in [-0.2, -0.15) is 0 Å². The lowest BCUT2D eigenvalue weighted by atomic mass is 10.1. The maximum atomic E-state index is 14.6. The smallest absolute Gasteiger partial charge is 0.307 e. The molecule has 3 aromatic rings. The van der Waals surface area contributed by atoms with Crippen molar-refractivity contribution in [3.63, 3.8) is 0 Å². The van der Waals surface area contributed by atoms with Gasteiger partial charge in [0.1, 0.15) is 5.82 Å². The van der Waals surface area contributed by atoms with Gasteiger partial charge < -0.3 is 5.11 Å². The minimum absolute atomic E-state index is 0.0861. The van der Waals surface area contributed by atoms with Gasteiger partial charge in [0.2, 0.25) is 9.84 Å². The molecule has 0 radical (unpaired) electrons. The van der Waals surface area contributed by atoms with Gasteiger partial charge in [0.25, 0.3) is 0 Å². The molecule has 0 unspecified atom stereocenters. The Balaban J connectivity index is 1.90. The van der Waals surface area contributed by atoms with Crippen LogP contribution in [0.1, 0.15) is 5.56 Å². The first-order chi connectivity index (χ1) is 13.3. The highest BCUT2D eigenvalue weighted by atomic mass is 35.5. The molecule has 0 aliphatic rings. The first-order valence-electron chi connectivity index (χ1n) is 8.04. The van der Waals surface area contributed by atoms with E-state index >= 15 is 0 Å². The van der Waals surface area contributed by atoms with E-state index in [0.29, 0.717) is 15.5 Å². The summed E-state index contributed by atoms with van der Waals surface area (Å²) in [5.41, 5.74) is 0.492. The highest BCUT2D eigenvalue weighted by molar-refractivity contribution is 7.99. The maximum absolute atomic E-state index is 14.6. The van der Waals surface area contributed by atoms with Crippen LogP contribution in [-0.2, 0) is 21.1 Å². The zero-order valence-electron chi connectivity index (χ0n) is 14.3. The Labute approximate surface area is 170 Å². The Bertz CT molecular complexity index is 1130. The fourth-order valence-electron chi connectivity index (χ4n) is 2.55. The van der Waals surface area contributed by atoms with E-state index in [1.54, 1.807) is 30.3 Å². The molecule has 0 saturated heterocycles. The van der Waals surface area contributed by atoms with Crippen LogP contribution in [0.2, 0.25) is 5.02 Å². The van der Waals surface area contributed by atoms with Crippen molar-refractivity contribution in [2.75, 3.05) is 0 Å². The van der Waals surface area contributed by atoms with Crippen molar-refractivity contribution in [3.8, 4) is 0 Å². The van der Waals surface area contributed by atoms with Crippen LogP contribution in [0.15, 0.2) is 86.3 Å². The summed E-state index contributed by atoms with van der Waals surface area (Å²) in [4.78, 5) is 11.6. The lowest BCUT2D eigenvalue weighted by Crippen LogP contribution is -2.02. The number of halogens is 2. The summed E-state index contributed by atoms with van der Waals surface area (Å²) >= 11 is 7.05. The molecule has 8 heteroatoms. The minimum atomic E-state index is -3.81. The number of benzene rings is 3. The quantitative estimate of drug-likeness (QED) is 0.582. The molecule has 144 valence electrons. The van der Waals surface area contributed by atoms with E-state index in [0.717, 1.165) is 17.8 Å². The predicted octanol–water partition coefficient (Wildman–Crippen LogP) is 5.09. The third-order valence-corrected chi connectivity index (χ3v) is 6.79. The van der Waals surface area contributed by atoms with Crippen molar-refractivity contribution in [1.29, 1.82) is 0 Å². The SMILES string of the molecule is O=C(O)Cc1cc(Cl)cc(Sc2ccc(S(=O)(=O)c3ccccc3)cc2F)c1. The molecule has 0 saturated carbocycles. The van der Waals surface area contributed by atoms with Crippen LogP contribution in [0.5, 0.6) is 0 Å². The van der Waals surface area contributed by atoms with Crippen LogP contribution in [0.4, 0.5) is 4.39 Å². The van der Waals surface area contributed by atoms with Crippen molar-refractivity contribution in [3.05, 3.63) is 83.1 Å². The standard InChI is InChI=1S/C20H14ClFO4S2/c21-14-8-13(10-20(23)24)9-15(11-14)27-19-7-6-17(12-18(19)22)28(25,26)16-4-2-1-3-5-16/h1-9,11-12H,10H2,(H,23,24). The molecule has 0 aromatic heterocycles. The summed E-state index contributed by atoms with van der Waals surface area (Å²) in [6.45, 7) is 0. The molecule has 0 spiro atoms. The summed E-state index contributed by atoms with van der Waals surface area (Å²) in [6.07, 6.45) is -0.204. The summed E-state index contributed by atoms with van der Waals surface area (Å²) in [7, 11) is -3.81. The Morgan fingerprint density at radius 1 is 1.00 bits per heavy atom.